The van der Waals surface area contributed by atoms with E-state index in [2.05, 4.69) is 15.6 Å². The number of hydrazine groups is 1. The number of fused-ring (bicyclic) bond motifs is 1. The second kappa shape index (κ2) is 7.37. The number of carbonyl (C=O) groups excluding carboxylic acids is 2. The quantitative estimate of drug-likeness (QED) is 0.862. The van der Waals surface area contributed by atoms with Crippen LogP contribution < -0.4 is 15.8 Å². The average Bonchev–Trinajstić information content (AvgIpc) is 2.99. The van der Waals surface area contributed by atoms with E-state index in [1.54, 1.807) is 5.01 Å². The summed E-state index contributed by atoms with van der Waals surface area (Å²) in [5.41, 5.74) is 4.18. The Balaban J connectivity index is 1.51. The van der Waals surface area contributed by atoms with E-state index >= 15 is 0 Å². The summed E-state index contributed by atoms with van der Waals surface area (Å²) >= 11 is 0. The van der Waals surface area contributed by atoms with Gasteiger partial charge in [-0.2, -0.15) is 0 Å². The second-order valence-electron chi connectivity index (χ2n) is 7.94. The minimum Gasteiger partial charge on any atom is -0.353 e. The van der Waals surface area contributed by atoms with Gasteiger partial charge in [0, 0.05) is 19.1 Å². The molecule has 3 unspecified atom stereocenters. The molecule has 140 valence electrons. The summed E-state index contributed by atoms with van der Waals surface area (Å²) < 4.78 is 0. The molecule has 0 aromatic heterocycles. The van der Waals surface area contributed by atoms with Crippen LogP contribution in [0.2, 0.25) is 0 Å². The number of hydrogen-bond acceptors (Lipinski definition) is 4. The second-order valence-corrected chi connectivity index (χ2v) is 7.94. The van der Waals surface area contributed by atoms with Gasteiger partial charge in [-0.15, -0.1) is 0 Å². The smallest absolute Gasteiger partial charge is 0.247 e. The zero-order chi connectivity index (χ0) is 18.1. The lowest BCUT2D eigenvalue weighted by molar-refractivity contribution is -0.130. The van der Waals surface area contributed by atoms with Crippen molar-refractivity contribution in [2.24, 2.45) is 11.8 Å². The van der Waals surface area contributed by atoms with E-state index in [4.69, 9.17) is 0 Å². The van der Waals surface area contributed by atoms with Crippen LogP contribution in [-0.2, 0) is 9.59 Å². The summed E-state index contributed by atoms with van der Waals surface area (Å²) in [5.74, 6) is -0.244. The molecule has 2 amide bonds. The molecule has 0 bridgehead atoms. The molecular formula is C20H28N4O2. The van der Waals surface area contributed by atoms with Crippen molar-refractivity contribution in [2.75, 3.05) is 25.1 Å². The van der Waals surface area contributed by atoms with E-state index in [-0.39, 0.29) is 29.7 Å². The molecule has 2 saturated heterocycles. The highest BCUT2D eigenvalue weighted by atomic mass is 16.2. The van der Waals surface area contributed by atoms with E-state index in [1.807, 2.05) is 37.4 Å². The first-order valence-corrected chi connectivity index (χ1v) is 9.77. The molecule has 2 N–H and O–H groups in total. The van der Waals surface area contributed by atoms with Crippen molar-refractivity contribution >= 4 is 17.5 Å². The first-order valence-electron chi connectivity index (χ1n) is 9.77. The fourth-order valence-electron chi connectivity index (χ4n) is 4.62. The van der Waals surface area contributed by atoms with Crippen LogP contribution in [0.1, 0.15) is 32.1 Å². The predicted molar refractivity (Wildman–Crippen MR) is 100 cm³/mol. The zero-order valence-corrected chi connectivity index (χ0v) is 15.4. The lowest BCUT2D eigenvalue weighted by Gasteiger charge is -2.37. The Morgan fingerprint density at radius 2 is 1.85 bits per heavy atom. The highest BCUT2D eigenvalue weighted by molar-refractivity contribution is 5.98. The number of nitrogens with zero attached hydrogens (tertiary/aromatic N) is 2. The first kappa shape index (κ1) is 17.5. The SMILES string of the molecule is CN1CC(C(=O)NC2CCCCC2)C2NN(c3ccccc3)C(=O)C2C1. The van der Waals surface area contributed by atoms with E-state index in [0.29, 0.717) is 19.1 Å². The van der Waals surface area contributed by atoms with Gasteiger partial charge in [0.1, 0.15) is 0 Å². The summed E-state index contributed by atoms with van der Waals surface area (Å²) in [6, 6.07) is 9.78. The van der Waals surface area contributed by atoms with Gasteiger partial charge >= 0.3 is 0 Å². The molecule has 6 nitrogen and oxygen atoms in total. The number of benzene rings is 1. The maximum absolute atomic E-state index is 13.0. The van der Waals surface area contributed by atoms with Gasteiger partial charge in [0.2, 0.25) is 11.8 Å². The van der Waals surface area contributed by atoms with Crippen molar-refractivity contribution < 1.29 is 9.59 Å². The van der Waals surface area contributed by atoms with Crippen molar-refractivity contribution in [3.63, 3.8) is 0 Å². The molecule has 2 aliphatic heterocycles. The van der Waals surface area contributed by atoms with Gasteiger partial charge in [0.25, 0.3) is 0 Å². The third kappa shape index (κ3) is 3.35. The fraction of sp³-hybridized carbons (Fsp3) is 0.600. The number of para-hydroxylation sites is 1. The maximum atomic E-state index is 13.0. The Bertz CT molecular complexity index is 659. The Kier molecular flexibility index (Phi) is 4.96. The van der Waals surface area contributed by atoms with E-state index in [1.165, 1.54) is 19.3 Å². The standard InChI is InChI=1S/C20H28N4O2/c1-23-12-16(19(25)21-14-8-4-2-5-9-14)18-17(13-23)20(26)24(22-18)15-10-6-3-7-11-15/h3,6-7,10-11,14,16-18,22H,2,4-5,8-9,12-13H2,1H3,(H,21,25). The van der Waals surface area contributed by atoms with E-state index in [9.17, 15) is 9.59 Å². The number of likely N-dealkylation sites (tertiary alicyclic amines) is 1. The lowest BCUT2D eigenvalue weighted by Crippen LogP contribution is -2.57. The monoisotopic (exact) mass is 356 g/mol. The molecule has 1 aliphatic carbocycles. The van der Waals surface area contributed by atoms with Gasteiger partial charge in [0.15, 0.2) is 0 Å². The van der Waals surface area contributed by atoms with Crippen LogP contribution in [0.5, 0.6) is 0 Å². The van der Waals surface area contributed by atoms with Gasteiger partial charge in [-0.25, -0.2) is 10.4 Å². The largest absolute Gasteiger partial charge is 0.353 e. The zero-order valence-electron chi connectivity index (χ0n) is 15.4. The van der Waals surface area contributed by atoms with Gasteiger partial charge in [-0.1, -0.05) is 37.5 Å². The highest BCUT2D eigenvalue weighted by Gasteiger charge is 2.50. The van der Waals surface area contributed by atoms with Crippen LogP contribution in [0, 0.1) is 11.8 Å². The Morgan fingerprint density at radius 3 is 2.58 bits per heavy atom. The number of nitrogens with one attached hydrogen (secondary N) is 2. The number of hydrogen-bond donors (Lipinski definition) is 2. The number of rotatable bonds is 3. The van der Waals surface area contributed by atoms with Crippen molar-refractivity contribution in [1.82, 2.24) is 15.6 Å². The number of anilines is 1. The fourth-order valence-corrected chi connectivity index (χ4v) is 4.62. The lowest BCUT2D eigenvalue weighted by atomic mass is 9.83. The van der Waals surface area contributed by atoms with Crippen LogP contribution in [0.3, 0.4) is 0 Å². The molecule has 0 spiro atoms. The Morgan fingerprint density at radius 1 is 1.12 bits per heavy atom. The average molecular weight is 356 g/mol. The first-order chi connectivity index (χ1) is 12.6. The molecule has 4 rings (SSSR count). The van der Waals surface area contributed by atoms with Gasteiger partial charge in [-0.05, 0) is 32.0 Å². The highest BCUT2D eigenvalue weighted by Crippen LogP contribution is 2.31. The Labute approximate surface area is 154 Å². The van der Waals surface area contributed by atoms with Gasteiger partial charge in [-0.3, -0.25) is 9.59 Å². The van der Waals surface area contributed by atoms with Crippen molar-refractivity contribution in [3.8, 4) is 0 Å². The van der Waals surface area contributed by atoms with Gasteiger partial charge in [0.05, 0.1) is 23.6 Å². The summed E-state index contributed by atoms with van der Waals surface area (Å²) in [6.07, 6.45) is 5.81. The van der Waals surface area contributed by atoms with Crippen LogP contribution >= 0.6 is 0 Å². The third-order valence-electron chi connectivity index (χ3n) is 6.00. The number of amides is 2. The topological polar surface area (TPSA) is 64.7 Å². The predicted octanol–water partition coefficient (Wildman–Crippen LogP) is 1.53. The minimum atomic E-state index is -0.210. The van der Waals surface area contributed by atoms with Crippen molar-refractivity contribution in [2.45, 2.75) is 44.2 Å². The molecule has 3 aliphatic rings. The maximum Gasteiger partial charge on any atom is 0.247 e. The normalized spacial score (nSPS) is 30.3. The van der Waals surface area contributed by atoms with E-state index < -0.39 is 0 Å². The molecule has 0 radical (unpaired) electrons. The molecule has 1 aromatic rings. The molecule has 26 heavy (non-hydrogen) atoms. The van der Waals surface area contributed by atoms with Crippen LogP contribution in [0.25, 0.3) is 0 Å². The van der Waals surface area contributed by atoms with Crippen LogP contribution in [0.15, 0.2) is 30.3 Å². The summed E-state index contributed by atoms with van der Waals surface area (Å²) in [4.78, 5) is 28.1. The summed E-state index contributed by atoms with van der Waals surface area (Å²) in [5, 5.41) is 4.89. The molecule has 1 saturated carbocycles. The molecule has 3 atom stereocenters. The van der Waals surface area contributed by atoms with Crippen LogP contribution in [0.4, 0.5) is 5.69 Å². The Hall–Kier alpha value is -1.92. The van der Waals surface area contributed by atoms with Crippen molar-refractivity contribution in [1.29, 1.82) is 0 Å². The molecule has 2 heterocycles. The molecule has 1 aromatic carbocycles. The minimum absolute atomic E-state index is 0.0585. The molecule has 3 fully saturated rings. The number of piperidine rings is 1. The van der Waals surface area contributed by atoms with Crippen LogP contribution in [-0.4, -0.2) is 48.9 Å². The molecule has 6 heteroatoms. The molecular weight excluding hydrogens is 328 g/mol. The van der Waals surface area contributed by atoms with E-state index in [0.717, 1.165) is 18.5 Å². The summed E-state index contributed by atoms with van der Waals surface area (Å²) in [7, 11) is 2.00. The van der Waals surface area contributed by atoms with Gasteiger partial charge < -0.3 is 10.2 Å². The third-order valence-corrected chi connectivity index (χ3v) is 6.00. The number of carbonyl (C=O) groups is 2. The summed E-state index contributed by atoms with van der Waals surface area (Å²) in [6.45, 7) is 1.37. The van der Waals surface area contributed by atoms with Crippen molar-refractivity contribution in [3.05, 3.63) is 30.3 Å².